The summed E-state index contributed by atoms with van der Waals surface area (Å²) in [7, 11) is 1.24. The van der Waals surface area contributed by atoms with Crippen LogP contribution in [0.3, 0.4) is 0 Å². The number of fused-ring (bicyclic) bond motifs is 1. The highest BCUT2D eigenvalue weighted by Gasteiger charge is 2.60. The minimum Gasteiger partial charge on any atom is -0.464 e. The maximum absolute atomic E-state index is 12.5. The van der Waals surface area contributed by atoms with E-state index in [2.05, 4.69) is 15.0 Å². The third-order valence-corrected chi connectivity index (χ3v) is 4.95. The number of methoxy groups -OCH3 is 1. The van der Waals surface area contributed by atoms with Crippen LogP contribution in [0.15, 0.2) is 12.3 Å². The van der Waals surface area contributed by atoms with E-state index in [1.54, 1.807) is 4.90 Å². The summed E-state index contributed by atoms with van der Waals surface area (Å²) < 4.78 is 4.57. The van der Waals surface area contributed by atoms with E-state index in [4.69, 9.17) is 11.6 Å². The van der Waals surface area contributed by atoms with E-state index < -0.39 is 11.5 Å². The summed E-state index contributed by atoms with van der Waals surface area (Å²) in [4.78, 5) is 29.6. The molecule has 8 heteroatoms. The third-order valence-electron chi connectivity index (χ3n) is 4.66. The molecule has 2 amide bonds. The van der Waals surface area contributed by atoms with Gasteiger partial charge in [-0.1, -0.05) is 11.6 Å². The van der Waals surface area contributed by atoms with Crippen molar-refractivity contribution in [3.05, 3.63) is 23.0 Å². The van der Waals surface area contributed by atoms with Crippen LogP contribution in [0.2, 0.25) is 5.02 Å². The van der Waals surface area contributed by atoms with Gasteiger partial charge in [0.05, 0.1) is 36.2 Å². The van der Waals surface area contributed by atoms with E-state index in [-0.39, 0.29) is 23.4 Å². The lowest BCUT2D eigenvalue weighted by Crippen LogP contribution is -2.50. The Morgan fingerprint density at radius 1 is 1.61 bits per heavy atom. The number of ether oxygens (including phenoxy) is 1. The Bertz CT molecular complexity index is 654. The number of amides is 2. The number of urea groups is 1. The first kappa shape index (κ1) is 16.0. The molecule has 2 aliphatic rings. The van der Waals surface area contributed by atoms with Gasteiger partial charge >= 0.3 is 12.0 Å². The molecule has 2 atom stereocenters. The van der Waals surface area contributed by atoms with E-state index >= 15 is 0 Å². The molecule has 2 N–H and O–H groups in total. The zero-order valence-electron chi connectivity index (χ0n) is 12.7. The lowest BCUT2D eigenvalue weighted by Gasteiger charge is -2.35. The van der Waals surface area contributed by atoms with E-state index in [9.17, 15) is 14.7 Å². The molecule has 2 heterocycles. The van der Waals surface area contributed by atoms with Crippen molar-refractivity contribution < 1.29 is 19.4 Å². The Balaban J connectivity index is 1.73. The summed E-state index contributed by atoms with van der Waals surface area (Å²) in [5.74, 6) is -0.251. The predicted octanol–water partition coefficient (Wildman–Crippen LogP) is 1.90. The number of rotatable bonds is 3. The highest BCUT2D eigenvalue weighted by molar-refractivity contribution is 6.33. The highest BCUT2D eigenvalue weighted by Crippen LogP contribution is 2.53. The van der Waals surface area contributed by atoms with Crippen LogP contribution in [-0.4, -0.2) is 52.8 Å². The number of pyridine rings is 1. The molecule has 1 aliphatic carbocycles. The second kappa shape index (κ2) is 5.98. The Kier molecular flexibility index (Phi) is 4.16. The van der Waals surface area contributed by atoms with Crippen molar-refractivity contribution in [3.8, 4) is 0 Å². The molecular weight excluding hydrogens is 322 g/mol. The van der Waals surface area contributed by atoms with E-state index in [1.165, 1.54) is 19.4 Å². The van der Waals surface area contributed by atoms with Crippen LogP contribution in [0.5, 0.6) is 0 Å². The fourth-order valence-electron chi connectivity index (χ4n) is 3.31. The summed E-state index contributed by atoms with van der Waals surface area (Å²) in [6.45, 7) is 0.593. The van der Waals surface area contributed by atoms with Crippen LogP contribution in [0.25, 0.3) is 0 Å². The number of likely N-dealkylation sites (tertiary alicyclic amines) is 1. The third kappa shape index (κ3) is 2.74. The van der Waals surface area contributed by atoms with Crippen molar-refractivity contribution in [1.29, 1.82) is 0 Å². The fourth-order valence-corrected chi connectivity index (χ4v) is 3.56. The van der Waals surface area contributed by atoms with Crippen molar-refractivity contribution in [2.24, 2.45) is 5.92 Å². The number of nitrogens with one attached hydrogen (secondary N) is 1. The van der Waals surface area contributed by atoms with Crippen LogP contribution in [0, 0.1) is 5.92 Å². The van der Waals surface area contributed by atoms with Crippen molar-refractivity contribution in [3.63, 3.8) is 0 Å². The van der Waals surface area contributed by atoms with Gasteiger partial charge in [-0.15, -0.1) is 0 Å². The van der Waals surface area contributed by atoms with Crippen molar-refractivity contribution >= 4 is 29.3 Å². The molecule has 0 aromatic carbocycles. The number of anilines is 1. The van der Waals surface area contributed by atoms with E-state index in [0.29, 0.717) is 18.2 Å². The Morgan fingerprint density at radius 2 is 2.39 bits per heavy atom. The van der Waals surface area contributed by atoms with Gasteiger partial charge < -0.3 is 20.1 Å². The molecule has 1 saturated heterocycles. The van der Waals surface area contributed by atoms with Gasteiger partial charge in [0.2, 0.25) is 0 Å². The Morgan fingerprint density at radius 3 is 3.04 bits per heavy atom. The van der Waals surface area contributed by atoms with Crippen LogP contribution in [0.1, 0.15) is 29.8 Å². The lowest BCUT2D eigenvalue weighted by molar-refractivity contribution is 0.0594. The molecular formula is C15H18ClN3O4. The van der Waals surface area contributed by atoms with Gasteiger partial charge in [-0.2, -0.15) is 0 Å². The number of nitrogens with zero attached hydrogens (tertiary/aromatic N) is 2. The molecule has 0 bridgehead atoms. The maximum Gasteiger partial charge on any atom is 0.358 e. The number of hydrogen-bond donors (Lipinski definition) is 2. The number of aliphatic hydroxyl groups is 1. The highest BCUT2D eigenvalue weighted by atomic mass is 35.5. The molecule has 0 unspecified atom stereocenters. The fraction of sp³-hybridized carbons (Fsp3) is 0.533. The second-order valence-corrected chi connectivity index (χ2v) is 6.34. The molecule has 23 heavy (non-hydrogen) atoms. The largest absolute Gasteiger partial charge is 0.464 e. The summed E-state index contributed by atoms with van der Waals surface area (Å²) >= 11 is 6.00. The Labute approximate surface area is 138 Å². The van der Waals surface area contributed by atoms with Crippen LogP contribution < -0.4 is 5.32 Å². The summed E-state index contributed by atoms with van der Waals surface area (Å²) in [6.07, 6.45) is 4.18. The Hall–Kier alpha value is -1.86. The number of carbonyl (C=O) groups is 2. The SMILES string of the molecule is COC(=O)c1ncc(NC(=O)N2CCC[C@@H]3C[C@@]32CO)cc1Cl. The second-order valence-electron chi connectivity index (χ2n) is 5.93. The lowest BCUT2D eigenvalue weighted by atomic mass is 10.0. The van der Waals surface area contributed by atoms with Gasteiger partial charge in [0.1, 0.15) is 0 Å². The normalized spacial score (nSPS) is 25.5. The number of aromatic nitrogens is 1. The monoisotopic (exact) mass is 339 g/mol. The molecule has 1 aromatic heterocycles. The number of hydrogen-bond acceptors (Lipinski definition) is 5. The van der Waals surface area contributed by atoms with E-state index in [1.807, 2.05) is 0 Å². The number of piperidine rings is 1. The summed E-state index contributed by atoms with van der Waals surface area (Å²) in [5, 5.41) is 12.5. The zero-order chi connectivity index (χ0) is 16.6. The first-order valence-electron chi connectivity index (χ1n) is 7.45. The minimum absolute atomic E-state index is 0.000719. The molecule has 1 saturated carbocycles. The molecule has 0 spiro atoms. The first-order chi connectivity index (χ1) is 11.0. The molecule has 3 rings (SSSR count). The number of carbonyl (C=O) groups excluding carboxylic acids is 2. The summed E-state index contributed by atoms with van der Waals surface area (Å²) in [5.41, 5.74) is -0.0198. The average molecular weight is 340 g/mol. The summed E-state index contributed by atoms with van der Waals surface area (Å²) in [6, 6.07) is 1.17. The zero-order valence-corrected chi connectivity index (χ0v) is 13.5. The van der Waals surface area contributed by atoms with E-state index in [0.717, 1.165) is 19.3 Å². The maximum atomic E-state index is 12.5. The quantitative estimate of drug-likeness (QED) is 0.821. The number of halogens is 1. The van der Waals surface area contributed by atoms with Gasteiger partial charge in [0, 0.05) is 6.54 Å². The molecule has 1 aromatic rings. The molecule has 124 valence electrons. The standard InChI is InChI=1S/C15H18ClN3O4/c1-23-13(21)12-11(16)5-10(7-17-12)18-14(22)19-4-2-3-9-6-15(9,19)8-20/h5,7,9,20H,2-4,6,8H2,1H3,(H,18,22)/t9-,15-/m1/s1. The van der Waals surface area contributed by atoms with Crippen LogP contribution >= 0.6 is 11.6 Å². The number of aliphatic hydroxyl groups excluding tert-OH is 1. The molecule has 2 fully saturated rings. The van der Waals surface area contributed by atoms with Gasteiger partial charge in [0.25, 0.3) is 0 Å². The smallest absolute Gasteiger partial charge is 0.358 e. The van der Waals surface area contributed by atoms with Crippen LogP contribution in [-0.2, 0) is 4.74 Å². The van der Waals surface area contributed by atoms with Gasteiger partial charge in [-0.3, -0.25) is 0 Å². The molecule has 0 radical (unpaired) electrons. The van der Waals surface area contributed by atoms with Crippen LogP contribution in [0.4, 0.5) is 10.5 Å². The minimum atomic E-state index is -0.635. The first-order valence-corrected chi connectivity index (χ1v) is 7.83. The van der Waals surface area contributed by atoms with Gasteiger partial charge in [-0.25, -0.2) is 14.6 Å². The van der Waals surface area contributed by atoms with Gasteiger partial charge in [0.15, 0.2) is 5.69 Å². The molecule has 1 aliphatic heterocycles. The predicted molar refractivity (Wildman–Crippen MR) is 83.5 cm³/mol. The number of esters is 1. The van der Waals surface area contributed by atoms with Crippen molar-refractivity contribution in [2.75, 3.05) is 25.6 Å². The van der Waals surface area contributed by atoms with Gasteiger partial charge in [-0.05, 0) is 31.2 Å². The van der Waals surface area contributed by atoms with Crippen molar-refractivity contribution in [2.45, 2.75) is 24.8 Å². The molecule has 7 nitrogen and oxygen atoms in total. The average Bonchev–Trinajstić information content (AvgIpc) is 3.29. The topological polar surface area (TPSA) is 91.8 Å². The van der Waals surface area contributed by atoms with Crippen molar-refractivity contribution in [1.82, 2.24) is 9.88 Å².